The van der Waals surface area contributed by atoms with Crippen LogP contribution >= 0.6 is 23.4 Å². The molecule has 2 heterocycles. The van der Waals surface area contributed by atoms with Gasteiger partial charge in [-0.05, 0) is 48.6 Å². The van der Waals surface area contributed by atoms with Crippen molar-refractivity contribution in [3.63, 3.8) is 0 Å². The normalized spacial score (nSPS) is 19.2. The van der Waals surface area contributed by atoms with Crippen LogP contribution in [0.25, 0.3) is 11.3 Å². The summed E-state index contributed by atoms with van der Waals surface area (Å²) >= 11 is 7.62. The number of hydrogen-bond acceptors (Lipinski definition) is 6. The van der Waals surface area contributed by atoms with Gasteiger partial charge in [-0.2, -0.15) is 16.9 Å². The van der Waals surface area contributed by atoms with E-state index in [0.29, 0.717) is 23.6 Å². The van der Waals surface area contributed by atoms with Gasteiger partial charge in [-0.25, -0.2) is 8.42 Å². The largest absolute Gasteiger partial charge is 0.394 e. The Hall–Kier alpha value is -1.55. The minimum Gasteiger partial charge on any atom is -0.394 e. The van der Waals surface area contributed by atoms with Crippen LogP contribution in [-0.2, 0) is 9.84 Å². The van der Waals surface area contributed by atoms with E-state index in [1.165, 1.54) is 0 Å². The lowest BCUT2D eigenvalue weighted by Gasteiger charge is -2.15. The molecule has 1 saturated heterocycles. The van der Waals surface area contributed by atoms with Gasteiger partial charge in [0.25, 0.3) is 5.91 Å². The fourth-order valence-electron chi connectivity index (χ4n) is 3.32. The SMILES string of the molecule is CSCCC(CO)NC(=O)c1cc(-c2ccc(Cl)cc2)n(C2CCS(=O)(=O)C2)n1. The molecule has 2 N–H and O–H groups in total. The van der Waals surface area contributed by atoms with E-state index in [9.17, 15) is 18.3 Å². The van der Waals surface area contributed by atoms with Gasteiger partial charge in [0.05, 0.1) is 35.9 Å². The second kappa shape index (κ2) is 9.51. The van der Waals surface area contributed by atoms with E-state index in [1.807, 2.05) is 18.4 Å². The van der Waals surface area contributed by atoms with E-state index in [-0.39, 0.29) is 41.8 Å². The van der Waals surface area contributed by atoms with Crippen LogP contribution in [-0.4, -0.2) is 65.4 Å². The number of amides is 1. The summed E-state index contributed by atoms with van der Waals surface area (Å²) in [5.74, 6) is 0.541. The number of aliphatic hydroxyl groups excluding tert-OH is 1. The standard InChI is InChI=1S/C19H24ClN3O4S2/c1-28-8-6-15(11-24)21-19(25)17-10-18(13-2-4-14(20)5-3-13)23(22-17)16-7-9-29(26,27)12-16/h2-5,10,15-16,24H,6-9,11-12H2,1H3,(H,21,25). The Kier molecular flexibility index (Phi) is 7.26. The first-order valence-electron chi connectivity index (χ1n) is 9.29. The van der Waals surface area contributed by atoms with Crippen molar-refractivity contribution in [2.24, 2.45) is 0 Å². The van der Waals surface area contributed by atoms with E-state index in [1.54, 1.807) is 34.6 Å². The van der Waals surface area contributed by atoms with Crippen LogP contribution < -0.4 is 5.32 Å². The second-order valence-electron chi connectivity index (χ2n) is 7.06. The molecule has 2 aromatic rings. The molecule has 0 radical (unpaired) electrons. The summed E-state index contributed by atoms with van der Waals surface area (Å²) in [6.07, 6.45) is 3.07. The van der Waals surface area contributed by atoms with Crippen molar-refractivity contribution in [3.05, 3.63) is 41.0 Å². The van der Waals surface area contributed by atoms with E-state index in [2.05, 4.69) is 10.4 Å². The van der Waals surface area contributed by atoms with Crippen molar-refractivity contribution in [2.45, 2.75) is 24.9 Å². The molecule has 29 heavy (non-hydrogen) atoms. The van der Waals surface area contributed by atoms with Gasteiger partial charge in [0.2, 0.25) is 0 Å². The summed E-state index contributed by atoms with van der Waals surface area (Å²) < 4.78 is 25.6. The van der Waals surface area contributed by atoms with E-state index in [0.717, 1.165) is 11.3 Å². The van der Waals surface area contributed by atoms with Crippen LogP contribution in [0.1, 0.15) is 29.4 Å². The zero-order valence-electron chi connectivity index (χ0n) is 16.0. The fraction of sp³-hybridized carbons (Fsp3) is 0.474. The number of nitrogens with zero attached hydrogens (tertiary/aromatic N) is 2. The summed E-state index contributed by atoms with van der Waals surface area (Å²) in [7, 11) is -3.11. The molecule has 0 saturated carbocycles. The molecule has 3 rings (SSSR count). The van der Waals surface area contributed by atoms with Crippen molar-refractivity contribution >= 4 is 39.1 Å². The Morgan fingerprint density at radius 2 is 2.14 bits per heavy atom. The minimum atomic E-state index is -3.11. The van der Waals surface area contributed by atoms with Crippen molar-refractivity contribution in [1.29, 1.82) is 0 Å². The van der Waals surface area contributed by atoms with Gasteiger partial charge >= 0.3 is 0 Å². The second-order valence-corrected chi connectivity index (χ2v) is 10.7. The topological polar surface area (TPSA) is 101 Å². The summed E-state index contributed by atoms with van der Waals surface area (Å²) in [5, 5.41) is 17.4. The first-order chi connectivity index (χ1) is 13.8. The maximum absolute atomic E-state index is 12.7. The fourth-order valence-corrected chi connectivity index (χ4v) is 5.65. The Morgan fingerprint density at radius 3 is 2.72 bits per heavy atom. The number of carbonyl (C=O) groups excluding carboxylic acids is 1. The third-order valence-corrected chi connectivity index (χ3v) is 7.53. The highest BCUT2D eigenvalue weighted by Gasteiger charge is 2.32. The van der Waals surface area contributed by atoms with Gasteiger partial charge in [0.15, 0.2) is 15.5 Å². The maximum Gasteiger partial charge on any atom is 0.272 e. The molecule has 7 nitrogen and oxygen atoms in total. The molecule has 0 bridgehead atoms. The summed E-state index contributed by atoms with van der Waals surface area (Å²) in [4.78, 5) is 12.7. The van der Waals surface area contributed by atoms with Crippen LogP contribution in [0.3, 0.4) is 0 Å². The average Bonchev–Trinajstić information content (AvgIpc) is 3.29. The Balaban J connectivity index is 1.91. The molecule has 1 aromatic heterocycles. The maximum atomic E-state index is 12.7. The van der Waals surface area contributed by atoms with Crippen molar-refractivity contribution in [1.82, 2.24) is 15.1 Å². The molecule has 1 aliphatic rings. The molecule has 158 valence electrons. The number of nitrogens with one attached hydrogen (secondary N) is 1. The zero-order chi connectivity index (χ0) is 21.0. The average molecular weight is 458 g/mol. The Morgan fingerprint density at radius 1 is 1.41 bits per heavy atom. The number of halogens is 1. The lowest BCUT2D eigenvalue weighted by molar-refractivity contribution is 0.0909. The van der Waals surface area contributed by atoms with Crippen molar-refractivity contribution in [2.75, 3.05) is 30.1 Å². The number of rotatable bonds is 8. The number of hydrogen-bond donors (Lipinski definition) is 2. The predicted molar refractivity (Wildman–Crippen MR) is 116 cm³/mol. The van der Waals surface area contributed by atoms with Gasteiger partial charge in [-0.3, -0.25) is 9.48 Å². The highest BCUT2D eigenvalue weighted by molar-refractivity contribution is 7.98. The number of carbonyl (C=O) groups is 1. The first-order valence-corrected chi connectivity index (χ1v) is 12.9. The van der Waals surface area contributed by atoms with Gasteiger partial charge < -0.3 is 10.4 Å². The van der Waals surface area contributed by atoms with Crippen LogP contribution in [0.15, 0.2) is 30.3 Å². The van der Waals surface area contributed by atoms with Crippen molar-refractivity contribution < 1.29 is 18.3 Å². The van der Waals surface area contributed by atoms with Crippen LogP contribution in [0.5, 0.6) is 0 Å². The molecule has 0 spiro atoms. The summed E-state index contributed by atoms with van der Waals surface area (Å²) in [6.45, 7) is -0.155. The number of aliphatic hydroxyl groups is 1. The zero-order valence-corrected chi connectivity index (χ0v) is 18.4. The van der Waals surface area contributed by atoms with Gasteiger partial charge in [-0.1, -0.05) is 23.7 Å². The molecule has 2 unspecified atom stereocenters. The summed E-state index contributed by atoms with van der Waals surface area (Å²) in [5.41, 5.74) is 1.66. The molecule has 1 aliphatic heterocycles. The minimum absolute atomic E-state index is 0.00329. The molecule has 1 fully saturated rings. The predicted octanol–water partition coefficient (Wildman–Crippen LogP) is 2.41. The third kappa shape index (κ3) is 5.53. The van der Waals surface area contributed by atoms with E-state index in [4.69, 9.17) is 11.6 Å². The molecule has 0 aliphatic carbocycles. The van der Waals surface area contributed by atoms with Gasteiger partial charge in [0, 0.05) is 5.02 Å². The highest BCUT2D eigenvalue weighted by Crippen LogP contribution is 2.30. The van der Waals surface area contributed by atoms with Crippen LogP contribution in [0, 0.1) is 0 Å². The number of sulfone groups is 1. The van der Waals surface area contributed by atoms with E-state index >= 15 is 0 Å². The number of benzene rings is 1. The number of aromatic nitrogens is 2. The lowest BCUT2D eigenvalue weighted by atomic mass is 10.1. The first kappa shape index (κ1) is 22.1. The van der Waals surface area contributed by atoms with Gasteiger partial charge in [0.1, 0.15) is 0 Å². The van der Waals surface area contributed by atoms with Crippen molar-refractivity contribution in [3.8, 4) is 11.3 Å². The molecule has 2 atom stereocenters. The lowest BCUT2D eigenvalue weighted by Crippen LogP contribution is -2.38. The molecule has 1 aromatic carbocycles. The Bertz CT molecular complexity index is 960. The molecule has 10 heteroatoms. The van der Waals surface area contributed by atoms with Crippen LogP contribution in [0.4, 0.5) is 0 Å². The molecular weight excluding hydrogens is 434 g/mol. The quantitative estimate of drug-likeness (QED) is 0.631. The summed E-state index contributed by atoms with van der Waals surface area (Å²) in [6, 6.07) is 8.09. The Labute approximate surface area is 179 Å². The van der Waals surface area contributed by atoms with E-state index < -0.39 is 9.84 Å². The third-order valence-electron chi connectivity index (χ3n) is 4.89. The van der Waals surface area contributed by atoms with Gasteiger partial charge in [-0.15, -0.1) is 0 Å². The molecular formula is C19H24ClN3O4S2. The van der Waals surface area contributed by atoms with Crippen LogP contribution in [0.2, 0.25) is 5.02 Å². The molecule has 1 amide bonds. The number of thioether (sulfide) groups is 1. The smallest absolute Gasteiger partial charge is 0.272 e. The monoisotopic (exact) mass is 457 g/mol. The highest BCUT2D eigenvalue weighted by atomic mass is 35.5.